The maximum Gasteiger partial charge on any atom is 0.339 e. The van der Waals surface area contributed by atoms with E-state index in [0.717, 1.165) is 6.07 Å². The van der Waals surface area contributed by atoms with Crippen LogP contribution in [0.3, 0.4) is 0 Å². The Balaban J connectivity index is 3.43. The number of methoxy groups -OCH3 is 1. The van der Waals surface area contributed by atoms with E-state index in [1.807, 2.05) is 0 Å². The van der Waals surface area contributed by atoms with Crippen molar-refractivity contribution in [3.63, 3.8) is 0 Å². The molecule has 1 aromatic carbocycles. The Kier molecular flexibility index (Phi) is 2.89. The van der Waals surface area contributed by atoms with Gasteiger partial charge in [0.15, 0.2) is 0 Å². The minimum absolute atomic E-state index is 0.116. The number of nitro groups is 1. The van der Waals surface area contributed by atoms with Gasteiger partial charge < -0.3 is 9.84 Å². The molecule has 0 atom stereocenters. The van der Waals surface area contributed by atoms with Crippen LogP contribution in [-0.4, -0.2) is 23.1 Å². The van der Waals surface area contributed by atoms with Crippen LogP contribution in [0, 0.1) is 17.0 Å². The fourth-order valence-corrected chi connectivity index (χ4v) is 1.20. The first-order chi connectivity index (χ1) is 6.97. The van der Waals surface area contributed by atoms with Crippen LogP contribution in [0.2, 0.25) is 0 Å². The SMILES string of the molecule is COc1cc(C)c([N+](=O)[O-])cc1C(=O)O. The van der Waals surface area contributed by atoms with Crippen LogP contribution in [0.4, 0.5) is 5.69 Å². The number of rotatable bonds is 3. The molecule has 6 heteroatoms. The second-order valence-electron chi connectivity index (χ2n) is 2.90. The highest BCUT2D eigenvalue weighted by Crippen LogP contribution is 2.27. The van der Waals surface area contributed by atoms with E-state index in [9.17, 15) is 14.9 Å². The van der Waals surface area contributed by atoms with Crippen molar-refractivity contribution in [2.75, 3.05) is 7.11 Å². The van der Waals surface area contributed by atoms with Gasteiger partial charge in [0, 0.05) is 11.6 Å². The summed E-state index contributed by atoms with van der Waals surface area (Å²) in [5.41, 5.74) is -0.0788. The van der Waals surface area contributed by atoms with Crippen LogP contribution < -0.4 is 4.74 Å². The molecule has 0 saturated carbocycles. The van der Waals surface area contributed by atoms with Crippen molar-refractivity contribution in [1.82, 2.24) is 0 Å². The molecule has 1 aromatic rings. The highest BCUT2D eigenvalue weighted by molar-refractivity contribution is 5.92. The van der Waals surface area contributed by atoms with Gasteiger partial charge in [0.25, 0.3) is 5.69 Å². The molecule has 0 aromatic heterocycles. The Bertz CT molecular complexity index is 427. The summed E-state index contributed by atoms with van der Waals surface area (Å²) < 4.78 is 4.82. The summed E-state index contributed by atoms with van der Waals surface area (Å²) in [5, 5.41) is 19.4. The predicted molar refractivity (Wildman–Crippen MR) is 51.3 cm³/mol. The van der Waals surface area contributed by atoms with Crippen molar-refractivity contribution in [2.45, 2.75) is 6.92 Å². The second-order valence-corrected chi connectivity index (χ2v) is 2.90. The molecule has 0 fully saturated rings. The number of hydrogen-bond donors (Lipinski definition) is 1. The zero-order valence-electron chi connectivity index (χ0n) is 8.18. The van der Waals surface area contributed by atoms with E-state index in [4.69, 9.17) is 9.84 Å². The molecule has 0 spiro atoms. The number of hydrogen-bond acceptors (Lipinski definition) is 4. The Morgan fingerprint density at radius 1 is 1.53 bits per heavy atom. The fourth-order valence-electron chi connectivity index (χ4n) is 1.20. The minimum Gasteiger partial charge on any atom is -0.496 e. The third kappa shape index (κ3) is 2.04. The van der Waals surface area contributed by atoms with E-state index in [0.29, 0.717) is 5.56 Å². The van der Waals surface area contributed by atoms with Gasteiger partial charge in [-0.1, -0.05) is 0 Å². The molecule has 0 aliphatic heterocycles. The van der Waals surface area contributed by atoms with E-state index < -0.39 is 10.9 Å². The zero-order chi connectivity index (χ0) is 11.6. The molecular formula is C9H9NO5. The number of ether oxygens (including phenoxy) is 1. The van der Waals surface area contributed by atoms with Crippen LogP contribution in [0.15, 0.2) is 12.1 Å². The van der Waals surface area contributed by atoms with E-state index in [-0.39, 0.29) is 17.0 Å². The molecule has 0 unspecified atom stereocenters. The van der Waals surface area contributed by atoms with Crippen LogP contribution in [0.1, 0.15) is 15.9 Å². The lowest BCUT2D eigenvalue weighted by Crippen LogP contribution is -2.03. The summed E-state index contributed by atoms with van der Waals surface area (Å²) in [7, 11) is 1.31. The van der Waals surface area contributed by atoms with Gasteiger partial charge in [0.1, 0.15) is 11.3 Å². The van der Waals surface area contributed by atoms with Crippen LogP contribution >= 0.6 is 0 Å². The number of aromatic carboxylic acids is 1. The summed E-state index contributed by atoms with van der Waals surface area (Å²) in [6.45, 7) is 1.52. The van der Waals surface area contributed by atoms with E-state index >= 15 is 0 Å². The van der Waals surface area contributed by atoms with Gasteiger partial charge in [0.05, 0.1) is 12.0 Å². The molecule has 1 rings (SSSR count). The quantitative estimate of drug-likeness (QED) is 0.605. The van der Waals surface area contributed by atoms with Crippen molar-refractivity contribution in [3.05, 3.63) is 33.4 Å². The number of carbonyl (C=O) groups is 1. The lowest BCUT2D eigenvalue weighted by molar-refractivity contribution is -0.385. The molecule has 0 saturated heterocycles. The summed E-state index contributed by atoms with van der Waals surface area (Å²) in [5.74, 6) is -1.14. The average Bonchev–Trinajstić information content (AvgIpc) is 2.16. The average molecular weight is 211 g/mol. The largest absolute Gasteiger partial charge is 0.496 e. The molecule has 0 aliphatic rings. The standard InChI is InChI=1S/C9H9NO5/c1-5-3-8(15-2)6(9(11)12)4-7(5)10(13)14/h3-4H,1-2H3,(H,11,12). The molecule has 15 heavy (non-hydrogen) atoms. The maximum atomic E-state index is 10.8. The van der Waals surface area contributed by atoms with E-state index in [1.165, 1.54) is 20.1 Å². The first kappa shape index (κ1) is 11.0. The van der Waals surface area contributed by atoms with Crippen molar-refractivity contribution >= 4 is 11.7 Å². The third-order valence-electron chi connectivity index (χ3n) is 1.95. The molecule has 0 radical (unpaired) electrons. The van der Waals surface area contributed by atoms with Crippen molar-refractivity contribution in [1.29, 1.82) is 0 Å². The molecule has 0 aliphatic carbocycles. The van der Waals surface area contributed by atoms with Crippen molar-refractivity contribution in [3.8, 4) is 5.75 Å². The molecule has 0 heterocycles. The predicted octanol–water partition coefficient (Wildman–Crippen LogP) is 1.61. The van der Waals surface area contributed by atoms with Gasteiger partial charge in [-0.2, -0.15) is 0 Å². The summed E-state index contributed by atoms with van der Waals surface area (Å²) in [4.78, 5) is 20.7. The minimum atomic E-state index is -1.25. The van der Waals surface area contributed by atoms with Crippen molar-refractivity contribution in [2.24, 2.45) is 0 Å². The number of nitrogens with zero attached hydrogens (tertiary/aromatic N) is 1. The molecule has 0 amide bonds. The summed E-state index contributed by atoms with van der Waals surface area (Å²) in [6.07, 6.45) is 0. The van der Waals surface area contributed by atoms with Gasteiger partial charge >= 0.3 is 5.97 Å². The number of aryl methyl sites for hydroxylation is 1. The topological polar surface area (TPSA) is 89.7 Å². The van der Waals surface area contributed by atoms with Gasteiger partial charge in [-0.25, -0.2) is 4.79 Å². The Morgan fingerprint density at radius 2 is 2.13 bits per heavy atom. The molecular weight excluding hydrogens is 202 g/mol. The number of nitro benzene ring substituents is 1. The van der Waals surface area contributed by atoms with E-state index in [2.05, 4.69) is 0 Å². The molecule has 0 bridgehead atoms. The van der Waals surface area contributed by atoms with Crippen LogP contribution in [-0.2, 0) is 0 Å². The third-order valence-corrected chi connectivity index (χ3v) is 1.95. The van der Waals surface area contributed by atoms with Crippen molar-refractivity contribution < 1.29 is 19.6 Å². The lowest BCUT2D eigenvalue weighted by atomic mass is 10.1. The fraction of sp³-hybridized carbons (Fsp3) is 0.222. The second kappa shape index (κ2) is 3.95. The molecule has 1 N–H and O–H groups in total. The summed E-state index contributed by atoms with van der Waals surface area (Å²) >= 11 is 0. The summed E-state index contributed by atoms with van der Waals surface area (Å²) in [6, 6.07) is 2.33. The lowest BCUT2D eigenvalue weighted by Gasteiger charge is -2.06. The normalized spacial score (nSPS) is 9.73. The van der Waals surface area contributed by atoms with Gasteiger partial charge in [-0.15, -0.1) is 0 Å². The van der Waals surface area contributed by atoms with Gasteiger partial charge in [0.2, 0.25) is 0 Å². The number of benzene rings is 1. The van der Waals surface area contributed by atoms with E-state index in [1.54, 1.807) is 0 Å². The molecule has 6 nitrogen and oxygen atoms in total. The zero-order valence-corrected chi connectivity index (χ0v) is 8.18. The Labute approximate surface area is 85.2 Å². The highest BCUT2D eigenvalue weighted by Gasteiger charge is 2.19. The Hall–Kier alpha value is -2.11. The Morgan fingerprint density at radius 3 is 2.53 bits per heavy atom. The molecule has 80 valence electrons. The number of carboxylic acids is 1. The van der Waals surface area contributed by atoms with Crippen LogP contribution in [0.5, 0.6) is 5.75 Å². The van der Waals surface area contributed by atoms with Gasteiger partial charge in [-0.3, -0.25) is 10.1 Å². The monoisotopic (exact) mass is 211 g/mol. The van der Waals surface area contributed by atoms with Crippen LogP contribution in [0.25, 0.3) is 0 Å². The first-order valence-electron chi connectivity index (χ1n) is 4.03. The number of carboxylic acid groups (broad SMARTS) is 1. The first-order valence-corrected chi connectivity index (χ1v) is 4.03. The smallest absolute Gasteiger partial charge is 0.339 e. The maximum absolute atomic E-state index is 10.8. The van der Waals surface area contributed by atoms with Gasteiger partial charge in [-0.05, 0) is 13.0 Å². The highest BCUT2D eigenvalue weighted by atomic mass is 16.6.